The molecule has 10 heteroatoms. The Morgan fingerprint density at radius 3 is 2.21 bits per heavy atom. The lowest BCUT2D eigenvalue weighted by Crippen LogP contribution is -2.55. The van der Waals surface area contributed by atoms with Gasteiger partial charge in [0.05, 0.1) is 12.6 Å². The summed E-state index contributed by atoms with van der Waals surface area (Å²) in [4.78, 5) is 29.2. The number of nitrogens with zero attached hydrogens (tertiary/aromatic N) is 2. The molecule has 1 aromatic rings. The second kappa shape index (κ2) is 11.7. The van der Waals surface area contributed by atoms with Gasteiger partial charge in [0.25, 0.3) is 0 Å². The summed E-state index contributed by atoms with van der Waals surface area (Å²) in [5, 5.41) is 5.90. The normalized spacial score (nSPS) is 20.0. The van der Waals surface area contributed by atoms with E-state index < -0.39 is 6.36 Å². The summed E-state index contributed by atoms with van der Waals surface area (Å²) in [7, 11) is 0. The number of halogens is 3. The molecular formula is C23H33F3N4O3. The van der Waals surface area contributed by atoms with E-state index >= 15 is 0 Å². The Morgan fingerprint density at radius 2 is 1.64 bits per heavy atom. The Morgan fingerprint density at radius 1 is 1.03 bits per heavy atom. The van der Waals surface area contributed by atoms with Crippen LogP contribution < -0.4 is 15.4 Å². The van der Waals surface area contributed by atoms with Crippen molar-refractivity contribution < 1.29 is 27.5 Å². The largest absolute Gasteiger partial charge is 0.573 e. The van der Waals surface area contributed by atoms with E-state index in [0.29, 0.717) is 31.9 Å². The number of hydrogen-bond acceptors (Lipinski definition) is 5. The van der Waals surface area contributed by atoms with Crippen molar-refractivity contribution in [3.05, 3.63) is 24.3 Å². The average Bonchev–Trinajstić information content (AvgIpc) is 3.03. The van der Waals surface area contributed by atoms with E-state index in [0.717, 1.165) is 25.0 Å². The number of nitrogens with one attached hydrogen (secondary N) is 2. The SMILES string of the molecule is CC(C(=O)NC1CCCCCC1)N1CCN(CC(=O)Nc2ccc(OC(F)(F)F)cc2)CC1. The van der Waals surface area contributed by atoms with Gasteiger partial charge in [0.2, 0.25) is 11.8 Å². The van der Waals surface area contributed by atoms with E-state index in [-0.39, 0.29) is 36.2 Å². The maximum Gasteiger partial charge on any atom is 0.573 e. The molecule has 2 fully saturated rings. The zero-order valence-electron chi connectivity index (χ0n) is 19.0. The quantitative estimate of drug-likeness (QED) is 0.598. The van der Waals surface area contributed by atoms with Crippen molar-refractivity contribution in [1.82, 2.24) is 15.1 Å². The van der Waals surface area contributed by atoms with Crippen LogP contribution >= 0.6 is 0 Å². The molecule has 1 aliphatic heterocycles. The number of benzene rings is 1. The van der Waals surface area contributed by atoms with Gasteiger partial charge in [0.15, 0.2) is 0 Å². The van der Waals surface area contributed by atoms with Crippen molar-refractivity contribution in [2.24, 2.45) is 0 Å². The number of rotatable bonds is 7. The summed E-state index contributed by atoms with van der Waals surface area (Å²) >= 11 is 0. The summed E-state index contributed by atoms with van der Waals surface area (Å²) in [6, 6.07) is 5.12. The molecule has 3 rings (SSSR count). The van der Waals surface area contributed by atoms with E-state index in [1.165, 1.54) is 37.8 Å². The van der Waals surface area contributed by atoms with Gasteiger partial charge in [-0.15, -0.1) is 13.2 Å². The van der Waals surface area contributed by atoms with Crippen LogP contribution in [0.1, 0.15) is 45.4 Å². The molecule has 33 heavy (non-hydrogen) atoms. The number of carbonyl (C=O) groups is 2. The lowest BCUT2D eigenvalue weighted by atomic mass is 10.1. The summed E-state index contributed by atoms with van der Waals surface area (Å²) in [6.45, 7) is 4.81. The molecule has 2 N–H and O–H groups in total. The molecule has 0 aromatic heterocycles. The standard InChI is InChI=1S/C23H33F3N4O3/c1-17(22(32)28-18-6-4-2-3-5-7-18)30-14-12-29(13-15-30)16-21(31)27-19-8-10-20(11-9-19)33-23(24,25)26/h8-11,17-18H,2-7,12-16H2,1H3,(H,27,31)(H,28,32). The van der Waals surface area contributed by atoms with Crippen molar-refractivity contribution >= 4 is 17.5 Å². The summed E-state index contributed by atoms with van der Waals surface area (Å²) in [5.41, 5.74) is 0.400. The monoisotopic (exact) mass is 470 g/mol. The van der Waals surface area contributed by atoms with Gasteiger partial charge < -0.3 is 15.4 Å². The molecule has 0 bridgehead atoms. The van der Waals surface area contributed by atoms with E-state index in [9.17, 15) is 22.8 Å². The molecule has 0 spiro atoms. The molecule has 7 nitrogen and oxygen atoms in total. The summed E-state index contributed by atoms with van der Waals surface area (Å²) in [6.07, 6.45) is 2.20. The molecule has 1 aliphatic carbocycles. The number of alkyl halides is 3. The fourth-order valence-electron chi connectivity index (χ4n) is 4.36. The van der Waals surface area contributed by atoms with Gasteiger partial charge >= 0.3 is 6.36 Å². The number of amides is 2. The predicted molar refractivity (Wildman–Crippen MR) is 119 cm³/mol. The maximum atomic E-state index is 12.7. The molecule has 2 amide bonds. The van der Waals surface area contributed by atoms with Crippen LogP contribution in [0.2, 0.25) is 0 Å². The van der Waals surface area contributed by atoms with Crippen LogP contribution in [0.25, 0.3) is 0 Å². The van der Waals surface area contributed by atoms with Gasteiger partial charge in [0, 0.05) is 37.9 Å². The summed E-state index contributed by atoms with van der Waals surface area (Å²) in [5.74, 6) is -0.507. The van der Waals surface area contributed by atoms with Gasteiger partial charge in [-0.25, -0.2) is 0 Å². The molecule has 184 valence electrons. The number of ether oxygens (including phenoxy) is 1. The third-order valence-electron chi connectivity index (χ3n) is 6.27. The van der Waals surface area contributed by atoms with Crippen LogP contribution in [0, 0.1) is 0 Å². The number of hydrogen-bond donors (Lipinski definition) is 2. The molecule has 1 atom stereocenters. The minimum absolute atomic E-state index is 0.0750. The van der Waals surface area contributed by atoms with Gasteiger partial charge in [0.1, 0.15) is 5.75 Å². The fraction of sp³-hybridized carbons (Fsp3) is 0.652. The number of piperazine rings is 1. The predicted octanol–water partition coefficient (Wildman–Crippen LogP) is 3.37. The minimum atomic E-state index is -4.75. The van der Waals surface area contributed by atoms with Gasteiger partial charge in [-0.1, -0.05) is 25.7 Å². The first-order valence-corrected chi connectivity index (χ1v) is 11.6. The molecule has 2 aliphatic rings. The van der Waals surface area contributed by atoms with Crippen LogP contribution in [-0.2, 0) is 9.59 Å². The van der Waals surface area contributed by atoms with Crippen molar-refractivity contribution in [2.45, 2.75) is 63.9 Å². The highest BCUT2D eigenvalue weighted by Gasteiger charge is 2.31. The lowest BCUT2D eigenvalue weighted by Gasteiger charge is -2.37. The second-order valence-electron chi connectivity index (χ2n) is 8.81. The number of carbonyl (C=O) groups excluding carboxylic acids is 2. The highest BCUT2D eigenvalue weighted by molar-refractivity contribution is 5.92. The van der Waals surface area contributed by atoms with E-state index in [1.807, 2.05) is 11.8 Å². The molecule has 0 radical (unpaired) electrons. The molecule has 1 heterocycles. The Hall–Kier alpha value is -2.33. The van der Waals surface area contributed by atoms with Crippen molar-refractivity contribution in [2.75, 3.05) is 38.0 Å². The maximum absolute atomic E-state index is 12.7. The van der Waals surface area contributed by atoms with Crippen LogP contribution in [0.3, 0.4) is 0 Å². The molecule has 1 saturated heterocycles. The zero-order valence-corrected chi connectivity index (χ0v) is 19.0. The van der Waals surface area contributed by atoms with E-state index in [1.54, 1.807) is 0 Å². The smallest absolute Gasteiger partial charge is 0.406 e. The second-order valence-corrected chi connectivity index (χ2v) is 8.81. The van der Waals surface area contributed by atoms with Crippen LogP contribution in [0.4, 0.5) is 18.9 Å². The number of anilines is 1. The third kappa shape index (κ3) is 8.51. The minimum Gasteiger partial charge on any atom is -0.406 e. The van der Waals surface area contributed by atoms with Crippen LogP contribution in [-0.4, -0.2) is 72.8 Å². The third-order valence-corrected chi connectivity index (χ3v) is 6.27. The van der Waals surface area contributed by atoms with Crippen molar-refractivity contribution in [3.63, 3.8) is 0 Å². The van der Waals surface area contributed by atoms with E-state index in [4.69, 9.17) is 0 Å². The van der Waals surface area contributed by atoms with E-state index in [2.05, 4.69) is 20.3 Å². The topological polar surface area (TPSA) is 73.9 Å². The molecule has 1 unspecified atom stereocenters. The molecule has 1 saturated carbocycles. The Bertz CT molecular complexity index is 772. The van der Waals surface area contributed by atoms with Gasteiger partial charge in [-0.05, 0) is 44.0 Å². The summed E-state index contributed by atoms with van der Waals surface area (Å²) < 4.78 is 40.5. The fourth-order valence-corrected chi connectivity index (χ4v) is 4.36. The lowest BCUT2D eigenvalue weighted by molar-refractivity contribution is -0.274. The first-order valence-electron chi connectivity index (χ1n) is 11.6. The van der Waals surface area contributed by atoms with Crippen LogP contribution in [0.15, 0.2) is 24.3 Å². The Labute approximate surface area is 192 Å². The Balaban J connectivity index is 1.38. The highest BCUT2D eigenvalue weighted by atomic mass is 19.4. The van der Waals surface area contributed by atoms with Gasteiger partial charge in [-0.2, -0.15) is 0 Å². The van der Waals surface area contributed by atoms with Crippen LogP contribution in [0.5, 0.6) is 5.75 Å². The molecule has 1 aromatic carbocycles. The first-order chi connectivity index (χ1) is 15.7. The average molecular weight is 471 g/mol. The first kappa shape index (κ1) is 25.3. The van der Waals surface area contributed by atoms with Crippen molar-refractivity contribution in [1.29, 1.82) is 0 Å². The highest BCUT2D eigenvalue weighted by Crippen LogP contribution is 2.24. The van der Waals surface area contributed by atoms with Crippen molar-refractivity contribution in [3.8, 4) is 5.75 Å². The molecular weight excluding hydrogens is 437 g/mol. The zero-order chi connectivity index (χ0) is 23.8. The Kier molecular flexibility index (Phi) is 8.96. The van der Waals surface area contributed by atoms with Gasteiger partial charge in [-0.3, -0.25) is 19.4 Å².